The summed E-state index contributed by atoms with van der Waals surface area (Å²) in [6, 6.07) is 0. The van der Waals surface area contributed by atoms with Crippen molar-refractivity contribution in [3.63, 3.8) is 0 Å². The van der Waals surface area contributed by atoms with E-state index in [1.165, 1.54) is 0 Å². The molecule has 1 heterocycles. The van der Waals surface area contributed by atoms with Crippen LogP contribution in [0.4, 0.5) is 0 Å². The van der Waals surface area contributed by atoms with E-state index in [2.05, 4.69) is 9.97 Å². The minimum atomic E-state index is -0.527. The van der Waals surface area contributed by atoms with E-state index in [0.717, 1.165) is 11.3 Å². The topological polar surface area (TPSA) is 42.9 Å². The first-order valence-electron chi connectivity index (χ1n) is 3.54. The van der Waals surface area contributed by atoms with Crippen molar-refractivity contribution in [2.24, 2.45) is 0 Å². The highest BCUT2D eigenvalue weighted by Crippen LogP contribution is 2.11. The van der Waals surface area contributed by atoms with Crippen molar-refractivity contribution in [3.8, 4) is 0 Å². The number of aryl methyl sites for hydroxylation is 2. The molecule has 64 valence electrons. The van der Waals surface area contributed by atoms with Crippen LogP contribution in [0.1, 0.15) is 27.6 Å². The van der Waals surface area contributed by atoms with E-state index in [0.29, 0.717) is 11.5 Å². The largest absolute Gasteiger partial charge is 0.274 e. The highest BCUT2D eigenvalue weighted by molar-refractivity contribution is 6.67. The summed E-state index contributed by atoms with van der Waals surface area (Å²) in [6.07, 6.45) is 0. The lowest BCUT2D eigenvalue weighted by atomic mass is 10.2. The van der Waals surface area contributed by atoms with E-state index >= 15 is 0 Å². The van der Waals surface area contributed by atoms with Gasteiger partial charge in [-0.05, 0) is 32.4 Å². The molecule has 0 saturated carbocycles. The minimum Gasteiger partial charge on any atom is -0.274 e. The first-order valence-corrected chi connectivity index (χ1v) is 3.92. The van der Waals surface area contributed by atoms with Crippen molar-refractivity contribution in [2.45, 2.75) is 20.8 Å². The monoisotopic (exact) mass is 184 g/mol. The molecule has 0 amide bonds. The predicted molar refractivity (Wildman–Crippen MR) is 46.4 cm³/mol. The summed E-state index contributed by atoms with van der Waals surface area (Å²) >= 11 is 5.32. The van der Waals surface area contributed by atoms with Crippen LogP contribution in [0.2, 0.25) is 0 Å². The third-order valence-corrected chi connectivity index (χ3v) is 1.87. The first-order chi connectivity index (χ1) is 5.52. The third-order valence-electron chi connectivity index (χ3n) is 1.69. The molecule has 3 nitrogen and oxygen atoms in total. The molecule has 0 atom stereocenters. The summed E-state index contributed by atoms with van der Waals surface area (Å²) in [4.78, 5) is 18.9. The molecule has 0 N–H and O–H groups in total. The van der Waals surface area contributed by atoms with Crippen LogP contribution in [0.5, 0.6) is 0 Å². The van der Waals surface area contributed by atoms with E-state index in [9.17, 15) is 4.79 Å². The van der Waals surface area contributed by atoms with Gasteiger partial charge in [0.05, 0.1) is 0 Å². The number of halogens is 1. The molecule has 0 spiro atoms. The van der Waals surface area contributed by atoms with Crippen molar-refractivity contribution in [1.29, 1.82) is 0 Å². The Morgan fingerprint density at radius 1 is 1.25 bits per heavy atom. The molecule has 0 fully saturated rings. The van der Waals surface area contributed by atoms with Gasteiger partial charge in [0.15, 0.2) is 0 Å². The summed E-state index contributed by atoms with van der Waals surface area (Å²) in [5, 5.41) is -0.527. The van der Waals surface area contributed by atoms with Crippen LogP contribution >= 0.6 is 11.6 Å². The minimum absolute atomic E-state index is 0.307. The second kappa shape index (κ2) is 3.19. The van der Waals surface area contributed by atoms with Crippen molar-refractivity contribution < 1.29 is 4.79 Å². The number of hydrogen-bond acceptors (Lipinski definition) is 3. The Morgan fingerprint density at radius 2 is 1.83 bits per heavy atom. The summed E-state index contributed by atoms with van der Waals surface area (Å²) in [7, 11) is 0. The van der Waals surface area contributed by atoms with Crippen LogP contribution in [0, 0.1) is 20.8 Å². The first kappa shape index (κ1) is 9.13. The van der Waals surface area contributed by atoms with Gasteiger partial charge in [-0.15, -0.1) is 0 Å². The molecule has 1 aromatic rings. The Kier molecular flexibility index (Phi) is 2.43. The van der Waals surface area contributed by atoms with Crippen LogP contribution in [0.15, 0.2) is 0 Å². The highest BCUT2D eigenvalue weighted by Gasteiger charge is 2.10. The lowest BCUT2D eigenvalue weighted by molar-refractivity contribution is 0.107. The van der Waals surface area contributed by atoms with E-state index in [1.807, 2.05) is 6.92 Å². The predicted octanol–water partition coefficient (Wildman–Crippen LogP) is 1.78. The van der Waals surface area contributed by atoms with Crippen LogP contribution < -0.4 is 0 Å². The van der Waals surface area contributed by atoms with Crippen molar-refractivity contribution >= 4 is 16.8 Å². The van der Waals surface area contributed by atoms with Gasteiger partial charge in [0.1, 0.15) is 11.5 Å². The summed E-state index contributed by atoms with van der Waals surface area (Å²) in [6.45, 7) is 5.34. The Hall–Kier alpha value is -0.960. The van der Waals surface area contributed by atoms with E-state index < -0.39 is 5.24 Å². The second-order valence-electron chi connectivity index (χ2n) is 2.60. The van der Waals surface area contributed by atoms with Crippen LogP contribution in [0.3, 0.4) is 0 Å². The van der Waals surface area contributed by atoms with E-state index in [4.69, 9.17) is 11.6 Å². The molecule has 0 aliphatic rings. The standard InChI is InChI=1S/C8H9ClN2O/c1-4-5(2)10-6(3)11-7(4)8(9)12/h1-3H3. The summed E-state index contributed by atoms with van der Waals surface area (Å²) in [5.41, 5.74) is 1.86. The quantitative estimate of drug-likeness (QED) is 0.625. The lowest BCUT2D eigenvalue weighted by Gasteiger charge is -2.03. The SMILES string of the molecule is Cc1nc(C)c(C)c(C(=O)Cl)n1. The van der Waals surface area contributed by atoms with Crippen LogP contribution in [-0.2, 0) is 0 Å². The molecule has 0 aliphatic heterocycles. The molecule has 0 radical (unpaired) electrons. The zero-order valence-corrected chi connectivity index (χ0v) is 7.94. The van der Waals surface area contributed by atoms with Crippen molar-refractivity contribution in [3.05, 3.63) is 22.8 Å². The van der Waals surface area contributed by atoms with Gasteiger partial charge in [-0.1, -0.05) is 0 Å². The molecule has 12 heavy (non-hydrogen) atoms. The fourth-order valence-corrected chi connectivity index (χ4v) is 1.14. The van der Waals surface area contributed by atoms with Gasteiger partial charge in [0.25, 0.3) is 5.24 Å². The molecule has 0 aliphatic carbocycles. The van der Waals surface area contributed by atoms with Gasteiger partial charge in [-0.2, -0.15) is 0 Å². The second-order valence-corrected chi connectivity index (χ2v) is 2.95. The molecule has 1 rings (SSSR count). The maximum absolute atomic E-state index is 10.8. The highest BCUT2D eigenvalue weighted by atomic mass is 35.5. The van der Waals surface area contributed by atoms with E-state index in [-0.39, 0.29) is 0 Å². The van der Waals surface area contributed by atoms with Gasteiger partial charge in [0, 0.05) is 11.3 Å². The number of nitrogens with zero attached hydrogens (tertiary/aromatic N) is 2. The van der Waals surface area contributed by atoms with Gasteiger partial charge in [-0.25, -0.2) is 9.97 Å². The Labute approximate surface area is 75.8 Å². The molecule has 0 aromatic carbocycles. The molecular formula is C8H9ClN2O. The Balaban J connectivity index is 3.37. The fraction of sp³-hybridized carbons (Fsp3) is 0.375. The maximum atomic E-state index is 10.8. The molecular weight excluding hydrogens is 176 g/mol. The maximum Gasteiger partial charge on any atom is 0.271 e. The number of rotatable bonds is 1. The lowest BCUT2D eigenvalue weighted by Crippen LogP contribution is -2.04. The van der Waals surface area contributed by atoms with Gasteiger partial charge in [-0.3, -0.25) is 4.79 Å². The van der Waals surface area contributed by atoms with Gasteiger partial charge >= 0.3 is 0 Å². The van der Waals surface area contributed by atoms with Crippen molar-refractivity contribution in [1.82, 2.24) is 9.97 Å². The summed E-state index contributed by atoms with van der Waals surface area (Å²) < 4.78 is 0. The Morgan fingerprint density at radius 3 is 2.33 bits per heavy atom. The van der Waals surface area contributed by atoms with Gasteiger partial charge < -0.3 is 0 Å². The smallest absolute Gasteiger partial charge is 0.271 e. The normalized spacial score (nSPS) is 10.0. The number of aromatic nitrogens is 2. The molecule has 4 heteroatoms. The van der Waals surface area contributed by atoms with Crippen molar-refractivity contribution in [2.75, 3.05) is 0 Å². The molecule has 0 bridgehead atoms. The average molecular weight is 185 g/mol. The zero-order chi connectivity index (χ0) is 9.30. The molecule has 0 saturated heterocycles. The Bertz CT molecular complexity index is 336. The number of hydrogen-bond donors (Lipinski definition) is 0. The summed E-state index contributed by atoms with van der Waals surface area (Å²) in [5.74, 6) is 0.571. The molecule has 0 unspecified atom stereocenters. The van der Waals surface area contributed by atoms with Crippen LogP contribution in [0.25, 0.3) is 0 Å². The van der Waals surface area contributed by atoms with Crippen LogP contribution in [-0.4, -0.2) is 15.2 Å². The van der Waals surface area contributed by atoms with E-state index in [1.54, 1.807) is 13.8 Å². The number of carbonyl (C=O) groups excluding carboxylic acids is 1. The molecule has 1 aromatic heterocycles. The van der Waals surface area contributed by atoms with Gasteiger partial charge in [0.2, 0.25) is 0 Å². The zero-order valence-electron chi connectivity index (χ0n) is 7.18. The fourth-order valence-electron chi connectivity index (χ4n) is 0.960. The third kappa shape index (κ3) is 1.61. The number of carbonyl (C=O) groups is 1. The average Bonchev–Trinajstić information content (AvgIpc) is 1.96.